The third kappa shape index (κ3) is 4.72. The van der Waals surface area contributed by atoms with Gasteiger partial charge in [0.25, 0.3) is 0 Å². The number of nitrogens with zero attached hydrogens (tertiary/aromatic N) is 5. The molecule has 5 rings (SSSR count). The first-order valence-electron chi connectivity index (χ1n) is 13.0. The first-order valence-corrected chi connectivity index (χ1v) is 13.0. The number of pyridine rings is 1. The smallest absolute Gasteiger partial charge is 0.227 e. The van der Waals surface area contributed by atoms with Crippen LogP contribution in [0.1, 0.15) is 52.5 Å². The molecular formula is C28H35FN6O2. The van der Waals surface area contributed by atoms with E-state index in [9.17, 15) is 14.3 Å². The average Bonchev–Trinajstić information content (AvgIpc) is 2.84. The van der Waals surface area contributed by atoms with Crippen LogP contribution in [0, 0.1) is 5.92 Å². The number of aliphatic hydroxyl groups excluding tert-OH is 1. The van der Waals surface area contributed by atoms with Crippen molar-refractivity contribution >= 4 is 39.8 Å². The summed E-state index contributed by atoms with van der Waals surface area (Å²) in [4.78, 5) is 29.6. The molecule has 4 atom stereocenters. The van der Waals surface area contributed by atoms with E-state index in [1.807, 2.05) is 12.3 Å². The molecule has 2 aliphatic rings. The Labute approximate surface area is 216 Å². The van der Waals surface area contributed by atoms with Gasteiger partial charge in [0.1, 0.15) is 17.4 Å². The molecule has 3 aromatic rings. The van der Waals surface area contributed by atoms with Gasteiger partial charge in [0.15, 0.2) is 5.67 Å². The molecule has 0 unspecified atom stereocenters. The third-order valence-electron chi connectivity index (χ3n) is 7.88. The van der Waals surface area contributed by atoms with Crippen LogP contribution >= 0.6 is 0 Å². The van der Waals surface area contributed by atoms with Crippen molar-refractivity contribution in [2.75, 3.05) is 34.8 Å². The van der Waals surface area contributed by atoms with E-state index in [-0.39, 0.29) is 24.3 Å². The van der Waals surface area contributed by atoms with E-state index in [4.69, 9.17) is 0 Å². The monoisotopic (exact) mass is 506 g/mol. The molecule has 37 heavy (non-hydrogen) atoms. The number of fused-ring (bicyclic) bond motifs is 1. The highest BCUT2D eigenvalue weighted by molar-refractivity contribution is 5.99. The van der Waals surface area contributed by atoms with Crippen molar-refractivity contribution in [3.8, 4) is 0 Å². The molecule has 0 saturated carbocycles. The first kappa shape index (κ1) is 25.3. The maximum absolute atomic E-state index is 14.7. The van der Waals surface area contributed by atoms with Crippen LogP contribution in [0.25, 0.3) is 10.8 Å². The van der Waals surface area contributed by atoms with Gasteiger partial charge in [-0.3, -0.25) is 4.79 Å². The van der Waals surface area contributed by atoms with E-state index in [1.165, 1.54) is 12.5 Å². The fourth-order valence-electron chi connectivity index (χ4n) is 5.47. The summed E-state index contributed by atoms with van der Waals surface area (Å²) in [6.45, 7) is 10.8. The molecule has 2 saturated heterocycles. The van der Waals surface area contributed by atoms with Gasteiger partial charge < -0.3 is 20.2 Å². The van der Waals surface area contributed by atoms with Crippen molar-refractivity contribution in [3.05, 3.63) is 42.2 Å². The summed E-state index contributed by atoms with van der Waals surface area (Å²) in [5.41, 5.74) is 0.598. The predicted octanol–water partition coefficient (Wildman–Crippen LogP) is 4.60. The van der Waals surface area contributed by atoms with Gasteiger partial charge in [0, 0.05) is 42.6 Å². The fourth-order valence-corrected chi connectivity index (χ4v) is 5.47. The Balaban J connectivity index is 1.43. The molecule has 9 heteroatoms. The largest absolute Gasteiger partial charge is 0.390 e. The standard InChI is InChI=1S/C28H35FN6O2/c1-16(2)19-6-7-23(35-14-22(17(35)3)18(4)36)21-13-31-26(12-20(19)21)32-25-8-10-30-27(33-25)34-11-9-24(37)28(5,29)15-34/h6-8,10,12-13,16-17,22,24,37H,9,11,14-15H2,1-5H3,(H,30,31,32,33)/t17-,22+,24-,28+/m1/s1. The molecule has 2 aromatic heterocycles. The van der Waals surface area contributed by atoms with Crippen molar-refractivity contribution in [3.63, 3.8) is 0 Å². The molecule has 0 radical (unpaired) electrons. The van der Waals surface area contributed by atoms with Crippen LogP contribution in [0.4, 0.5) is 27.7 Å². The summed E-state index contributed by atoms with van der Waals surface area (Å²) in [6.07, 6.45) is 2.86. The predicted molar refractivity (Wildman–Crippen MR) is 144 cm³/mol. The van der Waals surface area contributed by atoms with Crippen LogP contribution in [0.15, 0.2) is 36.7 Å². The molecule has 196 valence electrons. The Morgan fingerprint density at radius 1 is 1.22 bits per heavy atom. The number of anilines is 4. The van der Waals surface area contributed by atoms with E-state index in [0.29, 0.717) is 36.5 Å². The lowest BCUT2D eigenvalue weighted by Crippen LogP contribution is -2.57. The number of carbonyl (C=O) groups excluding carboxylic acids is 1. The molecule has 0 aliphatic carbocycles. The van der Waals surface area contributed by atoms with Gasteiger partial charge in [-0.1, -0.05) is 19.9 Å². The topological polar surface area (TPSA) is 94.5 Å². The Morgan fingerprint density at radius 2 is 2.00 bits per heavy atom. The minimum absolute atomic E-state index is 0.0335. The zero-order valence-electron chi connectivity index (χ0n) is 22.1. The fraction of sp³-hybridized carbons (Fsp3) is 0.500. The SMILES string of the molecule is CC(=O)[C@H]1CN(c2ccc(C(C)C)c3cc(Nc4ccnc(N5CC[C@@H](O)[C@@](C)(F)C5)n4)ncc23)[C@@H]1C. The van der Waals surface area contributed by atoms with Gasteiger partial charge >= 0.3 is 0 Å². The number of carbonyl (C=O) groups is 1. The number of Topliss-reactive ketones (excluding diaryl/α,β-unsaturated/α-hetero) is 1. The maximum Gasteiger partial charge on any atom is 0.227 e. The zero-order chi connectivity index (χ0) is 26.5. The van der Waals surface area contributed by atoms with Gasteiger partial charge in [0.05, 0.1) is 18.6 Å². The molecule has 2 N–H and O–H groups in total. The van der Waals surface area contributed by atoms with Crippen LogP contribution in [-0.2, 0) is 4.79 Å². The van der Waals surface area contributed by atoms with Gasteiger partial charge in [-0.15, -0.1) is 0 Å². The van der Waals surface area contributed by atoms with Crippen molar-refractivity contribution in [2.45, 2.75) is 64.8 Å². The number of halogens is 1. The Hall–Kier alpha value is -3.33. The van der Waals surface area contributed by atoms with Crippen LogP contribution in [0.5, 0.6) is 0 Å². The van der Waals surface area contributed by atoms with E-state index in [0.717, 1.165) is 23.0 Å². The van der Waals surface area contributed by atoms with Crippen molar-refractivity contribution < 1.29 is 14.3 Å². The number of nitrogens with one attached hydrogen (secondary N) is 1. The van der Waals surface area contributed by atoms with Crippen LogP contribution in [-0.4, -0.2) is 63.3 Å². The molecule has 8 nitrogen and oxygen atoms in total. The summed E-state index contributed by atoms with van der Waals surface area (Å²) in [5.74, 6) is 2.25. The van der Waals surface area contributed by atoms with Crippen molar-refractivity contribution in [1.82, 2.24) is 15.0 Å². The highest BCUT2D eigenvalue weighted by atomic mass is 19.1. The number of hydrogen-bond donors (Lipinski definition) is 2. The Bertz CT molecular complexity index is 1330. The molecule has 0 spiro atoms. The normalized spacial score (nSPS) is 25.9. The van der Waals surface area contributed by atoms with Crippen molar-refractivity contribution in [1.29, 1.82) is 0 Å². The van der Waals surface area contributed by atoms with Crippen LogP contribution in [0.2, 0.25) is 0 Å². The summed E-state index contributed by atoms with van der Waals surface area (Å²) >= 11 is 0. The third-order valence-corrected chi connectivity index (χ3v) is 7.88. The van der Waals surface area contributed by atoms with Crippen LogP contribution < -0.4 is 15.1 Å². The highest BCUT2D eigenvalue weighted by Gasteiger charge is 2.40. The number of piperidine rings is 1. The van der Waals surface area contributed by atoms with Crippen LogP contribution in [0.3, 0.4) is 0 Å². The molecule has 0 bridgehead atoms. The summed E-state index contributed by atoms with van der Waals surface area (Å²) in [5, 5.41) is 15.4. The second-order valence-electron chi connectivity index (χ2n) is 10.9. The molecular weight excluding hydrogens is 471 g/mol. The van der Waals surface area contributed by atoms with Crippen molar-refractivity contribution in [2.24, 2.45) is 5.92 Å². The zero-order valence-corrected chi connectivity index (χ0v) is 22.1. The lowest BCUT2D eigenvalue weighted by Gasteiger charge is -2.47. The van der Waals surface area contributed by atoms with Gasteiger partial charge in [-0.2, -0.15) is 4.98 Å². The lowest BCUT2D eigenvalue weighted by atomic mass is 9.85. The number of benzene rings is 1. The molecule has 2 fully saturated rings. The second kappa shape index (κ2) is 9.52. The minimum atomic E-state index is -1.71. The summed E-state index contributed by atoms with van der Waals surface area (Å²) < 4.78 is 14.7. The molecule has 4 heterocycles. The summed E-state index contributed by atoms with van der Waals surface area (Å²) in [6, 6.07) is 8.27. The van der Waals surface area contributed by atoms with E-state index >= 15 is 0 Å². The number of alkyl halides is 1. The summed E-state index contributed by atoms with van der Waals surface area (Å²) in [7, 11) is 0. The number of aliphatic hydroxyl groups is 1. The highest BCUT2D eigenvalue weighted by Crippen LogP contribution is 2.39. The van der Waals surface area contributed by atoms with E-state index in [2.05, 4.69) is 58.1 Å². The average molecular weight is 507 g/mol. The maximum atomic E-state index is 14.7. The second-order valence-corrected chi connectivity index (χ2v) is 10.9. The quantitative estimate of drug-likeness (QED) is 0.501. The van der Waals surface area contributed by atoms with E-state index < -0.39 is 11.8 Å². The number of aromatic nitrogens is 3. The van der Waals surface area contributed by atoms with E-state index in [1.54, 1.807) is 24.1 Å². The number of hydrogen-bond acceptors (Lipinski definition) is 8. The number of ketones is 1. The Kier molecular flexibility index (Phi) is 6.52. The first-order chi connectivity index (χ1) is 17.5. The molecule has 1 aromatic carbocycles. The van der Waals surface area contributed by atoms with Gasteiger partial charge in [-0.25, -0.2) is 14.4 Å². The lowest BCUT2D eigenvalue weighted by molar-refractivity contribution is -0.122. The minimum Gasteiger partial charge on any atom is -0.390 e. The number of rotatable bonds is 6. The van der Waals surface area contributed by atoms with Gasteiger partial charge in [-0.05, 0) is 62.3 Å². The Morgan fingerprint density at radius 3 is 2.68 bits per heavy atom. The molecule has 0 amide bonds. The molecule has 2 aliphatic heterocycles. The van der Waals surface area contributed by atoms with Gasteiger partial charge in [0.2, 0.25) is 5.95 Å².